The van der Waals surface area contributed by atoms with Gasteiger partial charge in [0.2, 0.25) is 6.54 Å². The summed E-state index contributed by atoms with van der Waals surface area (Å²) in [7, 11) is 0. The minimum Gasteiger partial charge on any atom is -0.360 e. The minimum absolute atomic E-state index is 0.203. The Morgan fingerprint density at radius 1 is 1.39 bits per heavy atom. The fourth-order valence-electron chi connectivity index (χ4n) is 3.35. The summed E-state index contributed by atoms with van der Waals surface area (Å²) in [4.78, 5) is 26.9. The molecule has 0 atom stereocenters. The summed E-state index contributed by atoms with van der Waals surface area (Å²) in [5.41, 5.74) is 2.40. The van der Waals surface area contributed by atoms with Crippen LogP contribution in [0, 0.1) is 22.9 Å². The number of hydrogen-bond donors (Lipinski definition) is 0. The Labute approximate surface area is 163 Å². The summed E-state index contributed by atoms with van der Waals surface area (Å²) in [6.45, 7) is 2.37. The van der Waals surface area contributed by atoms with E-state index in [0.29, 0.717) is 47.0 Å². The van der Waals surface area contributed by atoms with E-state index in [1.807, 2.05) is 6.07 Å². The third-order valence-corrected chi connectivity index (χ3v) is 5.85. The molecule has 28 heavy (non-hydrogen) atoms. The maximum Gasteiger partial charge on any atom is 0.260 e. The van der Waals surface area contributed by atoms with Gasteiger partial charge < -0.3 is 9.42 Å². The number of rotatable bonds is 4. The van der Waals surface area contributed by atoms with Crippen molar-refractivity contribution in [1.82, 2.24) is 10.1 Å². The molecule has 1 amide bonds. The molecule has 0 saturated heterocycles. The van der Waals surface area contributed by atoms with Crippen molar-refractivity contribution < 1.29 is 18.6 Å². The van der Waals surface area contributed by atoms with Crippen molar-refractivity contribution >= 4 is 17.2 Å². The first kappa shape index (κ1) is 18.3. The van der Waals surface area contributed by atoms with Gasteiger partial charge in [-0.1, -0.05) is 5.16 Å². The van der Waals surface area contributed by atoms with Crippen molar-refractivity contribution in [1.29, 1.82) is 0 Å². The highest BCUT2D eigenvalue weighted by Crippen LogP contribution is 2.32. The average Bonchev–Trinajstić information content (AvgIpc) is 3.23. The Kier molecular flexibility index (Phi) is 4.68. The maximum absolute atomic E-state index is 13.2. The minimum atomic E-state index is -0.372. The lowest BCUT2D eigenvalue weighted by atomic mass is 10.0. The molecule has 7 nitrogen and oxygen atoms in total. The number of nitrogens with zero attached hydrogens (tertiary/aromatic N) is 3. The van der Waals surface area contributed by atoms with Crippen LogP contribution in [0.15, 0.2) is 34.9 Å². The van der Waals surface area contributed by atoms with Crippen molar-refractivity contribution in [2.45, 2.75) is 26.4 Å². The van der Waals surface area contributed by atoms with Crippen LogP contribution in [0.25, 0.3) is 11.3 Å². The molecule has 1 aromatic carbocycles. The zero-order chi connectivity index (χ0) is 19.8. The molecule has 2 aromatic heterocycles. The Morgan fingerprint density at radius 2 is 2.14 bits per heavy atom. The van der Waals surface area contributed by atoms with Crippen LogP contribution in [0.3, 0.4) is 0 Å². The van der Waals surface area contributed by atoms with Gasteiger partial charge in [0.1, 0.15) is 22.8 Å². The number of carbonyl (C=O) groups is 1. The van der Waals surface area contributed by atoms with E-state index in [1.165, 1.54) is 23.5 Å². The fraction of sp³-hybridized carbons (Fsp3) is 0.263. The standard InChI is InChI=1S/C19H16FN3O4S/c1-11-17(18(21-27-11)12-2-4-14(20)5-3-12)19(24)22-7-6-13-8-15(9-23(25)26)28-16(13)10-22/h2-5,8H,6-7,9-10H2,1H3. The van der Waals surface area contributed by atoms with Crippen LogP contribution in [-0.2, 0) is 19.5 Å². The smallest absolute Gasteiger partial charge is 0.260 e. The molecule has 0 radical (unpaired) electrons. The van der Waals surface area contributed by atoms with Crippen LogP contribution in [0.2, 0.25) is 0 Å². The van der Waals surface area contributed by atoms with Gasteiger partial charge in [-0.15, -0.1) is 11.3 Å². The molecule has 0 aliphatic carbocycles. The fourth-order valence-corrected chi connectivity index (χ4v) is 4.55. The van der Waals surface area contributed by atoms with E-state index in [4.69, 9.17) is 4.52 Å². The Balaban J connectivity index is 1.61. The lowest BCUT2D eigenvalue weighted by Gasteiger charge is -2.26. The number of amides is 1. The van der Waals surface area contributed by atoms with Gasteiger partial charge in [-0.05, 0) is 49.2 Å². The monoisotopic (exact) mass is 401 g/mol. The molecule has 3 aromatic rings. The van der Waals surface area contributed by atoms with E-state index < -0.39 is 0 Å². The lowest BCUT2D eigenvalue weighted by Crippen LogP contribution is -2.35. The number of carbonyl (C=O) groups excluding carboxylic acids is 1. The highest BCUT2D eigenvalue weighted by molar-refractivity contribution is 7.12. The van der Waals surface area contributed by atoms with Crippen molar-refractivity contribution in [3.8, 4) is 11.3 Å². The van der Waals surface area contributed by atoms with Gasteiger partial charge in [-0.3, -0.25) is 14.9 Å². The Bertz CT molecular complexity index is 1060. The van der Waals surface area contributed by atoms with Gasteiger partial charge in [0.25, 0.3) is 5.91 Å². The molecule has 0 saturated carbocycles. The molecular weight excluding hydrogens is 385 g/mol. The van der Waals surface area contributed by atoms with Crippen molar-refractivity contribution in [2.75, 3.05) is 6.54 Å². The number of thiophene rings is 1. The summed E-state index contributed by atoms with van der Waals surface area (Å²) in [5, 5.41) is 14.7. The number of aromatic nitrogens is 1. The van der Waals surface area contributed by atoms with Gasteiger partial charge in [0.15, 0.2) is 0 Å². The molecule has 9 heteroatoms. The quantitative estimate of drug-likeness (QED) is 0.490. The van der Waals surface area contributed by atoms with Gasteiger partial charge in [0.05, 0.1) is 11.4 Å². The lowest BCUT2D eigenvalue weighted by molar-refractivity contribution is -0.496. The molecule has 0 fully saturated rings. The predicted molar refractivity (Wildman–Crippen MR) is 100 cm³/mol. The van der Waals surface area contributed by atoms with Crippen LogP contribution in [0.1, 0.15) is 31.4 Å². The van der Waals surface area contributed by atoms with Crippen LogP contribution in [0.5, 0.6) is 0 Å². The first-order chi connectivity index (χ1) is 13.4. The third kappa shape index (κ3) is 3.40. The average molecular weight is 401 g/mol. The van der Waals surface area contributed by atoms with Gasteiger partial charge >= 0.3 is 0 Å². The molecule has 0 spiro atoms. The molecule has 0 N–H and O–H groups in total. The Hall–Kier alpha value is -3.07. The molecule has 4 rings (SSSR count). The first-order valence-corrected chi connectivity index (χ1v) is 9.47. The van der Waals surface area contributed by atoms with Crippen LogP contribution < -0.4 is 0 Å². The zero-order valence-electron chi connectivity index (χ0n) is 15.0. The van der Waals surface area contributed by atoms with E-state index in [2.05, 4.69) is 5.16 Å². The highest BCUT2D eigenvalue weighted by atomic mass is 32.1. The number of benzene rings is 1. The maximum atomic E-state index is 13.2. The molecule has 1 aliphatic heterocycles. The van der Waals surface area contributed by atoms with E-state index in [9.17, 15) is 19.3 Å². The molecule has 0 bridgehead atoms. The number of aryl methyl sites for hydroxylation is 1. The second-order valence-electron chi connectivity index (χ2n) is 6.60. The van der Waals surface area contributed by atoms with E-state index in [0.717, 1.165) is 10.4 Å². The number of halogens is 1. The van der Waals surface area contributed by atoms with Crippen molar-refractivity contribution in [3.05, 3.63) is 72.9 Å². The second-order valence-corrected chi connectivity index (χ2v) is 7.82. The van der Waals surface area contributed by atoms with Gasteiger partial charge in [0, 0.05) is 21.9 Å². The zero-order valence-corrected chi connectivity index (χ0v) is 15.8. The normalized spacial score (nSPS) is 13.4. The van der Waals surface area contributed by atoms with E-state index in [1.54, 1.807) is 24.0 Å². The van der Waals surface area contributed by atoms with E-state index in [-0.39, 0.29) is 23.2 Å². The molecule has 3 heterocycles. The van der Waals surface area contributed by atoms with Crippen LogP contribution in [-0.4, -0.2) is 27.4 Å². The molecule has 0 unspecified atom stereocenters. The van der Waals surface area contributed by atoms with Gasteiger partial charge in [-0.25, -0.2) is 4.39 Å². The van der Waals surface area contributed by atoms with Crippen LogP contribution >= 0.6 is 11.3 Å². The Morgan fingerprint density at radius 3 is 2.86 bits per heavy atom. The van der Waals surface area contributed by atoms with Gasteiger partial charge in [-0.2, -0.15) is 0 Å². The third-order valence-electron chi connectivity index (χ3n) is 4.70. The summed E-state index contributed by atoms with van der Waals surface area (Å²) in [5.74, 6) is -0.188. The topological polar surface area (TPSA) is 89.5 Å². The first-order valence-electron chi connectivity index (χ1n) is 8.66. The number of fused-ring (bicyclic) bond motifs is 1. The predicted octanol–water partition coefficient (Wildman–Crippen LogP) is 3.83. The van der Waals surface area contributed by atoms with Crippen molar-refractivity contribution in [2.24, 2.45) is 0 Å². The summed E-state index contributed by atoms with van der Waals surface area (Å²) in [6, 6.07) is 7.59. The summed E-state index contributed by atoms with van der Waals surface area (Å²) < 4.78 is 18.5. The molecule has 144 valence electrons. The summed E-state index contributed by atoms with van der Waals surface area (Å²) in [6.07, 6.45) is 0.644. The van der Waals surface area contributed by atoms with E-state index >= 15 is 0 Å². The molecule has 1 aliphatic rings. The number of nitro groups is 1. The largest absolute Gasteiger partial charge is 0.360 e. The highest BCUT2D eigenvalue weighted by Gasteiger charge is 2.29. The molecular formula is C19H16FN3O4S. The number of hydrogen-bond acceptors (Lipinski definition) is 6. The SMILES string of the molecule is Cc1onc(-c2ccc(F)cc2)c1C(=O)N1CCc2cc(C[N+](=O)[O-])sc2C1. The summed E-state index contributed by atoms with van der Waals surface area (Å²) >= 11 is 1.37. The van der Waals surface area contributed by atoms with Crippen LogP contribution in [0.4, 0.5) is 4.39 Å². The van der Waals surface area contributed by atoms with Crippen molar-refractivity contribution in [3.63, 3.8) is 0 Å². The second kappa shape index (κ2) is 7.16.